The number of nitrogens with zero attached hydrogens (tertiary/aromatic N) is 3. The van der Waals surface area contributed by atoms with E-state index in [0.29, 0.717) is 23.1 Å². The summed E-state index contributed by atoms with van der Waals surface area (Å²) in [6.45, 7) is 5.91. The van der Waals surface area contributed by atoms with Gasteiger partial charge in [-0.25, -0.2) is 9.97 Å². The number of fused-ring (bicyclic) bond motifs is 1. The van der Waals surface area contributed by atoms with Gasteiger partial charge >= 0.3 is 0 Å². The van der Waals surface area contributed by atoms with Crippen LogP contribution in [-0.4, -0.2) is 33.5 Å². The minimum atomic E-state index is -0.329. The summed E-state index contributed by atoms with van der Waals surface area (Å²) in [4.78, 5) is 34.6. The van der Waals surface area contributed by atoms with E-state index in [4.69, 9.17) is 5.73 Å². The van der Waals surface area contributed by atoms with E-state index in [1.54, 1.807) is 24.0 Å². The third-order valence-corrected chi connectivity index (χ3v) is 5.11. The van der Waals surface area contributed by atoms with Crippen LogP contribution in [0.3, 0.4) is 0 Å². The van der Waals surface area contributed by atoms with Gasteiger partial charge in [0.25, 0.3) is 0 Å². The molecule has 7 heteroatoms. The van der Waals surface area contributed by atoms with Crippen molar-refractivity contribution in [1.29, 1.82) is 0 Å². The lowest BCUT2D eigenvalue weighted by Crippen LogP contribution is -2.25. The Morgan fingerprint density at radius 2 is 2.04 bits per heavy atom. The van der Waals surface area contributed by atoms with Gasteiger partial charge in [-0.1, -0.05) is 11.8 Å². The van der Waals surface area contributed by atoms with Gasteiger partial charge in [0, 0.05) is 36.5 Å². The van der Waals surface area contributed by atoms with Crippen molar-refractivity contribution in [3.8, 4) is 0 Å². The fourth-order valence-corrected chi connectivity index (χ4v) is 3.86. The average Bonchev–Trinajstić information content (AvgIpc) is 2.96. The van der Waals surface area contributed by atoms with Crippen LogP contribution in [-0.2, 0) is 11.2 Å². The Kier molecular flexibility index (Phi) is 4.76. The highest BCUT2D eigenvalue weighted by atomic mass is 32.2. The number of ketones is 1. The molecule has 0 saturated heterocycles. The molecule has 130 valence electrons. The molecular weight excluding hydrogens is 336 g/mol. The fraction of sp³-hybridized carbons (Fsp3) is 0.333. The Morgan fingerprint density at radius 3 is 2.72 bits per heavy atom. The number of hydrogen-bond donors (Lipinski definition) is 1. The molecule has 0 unspecified atom stereocenters. The predicted molar refractivity (Wildman–Crippen MR) is 99.0 cm³/mol. The first kappa shape index (κ1) is 17.4. The molecule has 1 aliphatic heterocycles. The van der Waals surface area contributed by atoms with Gasteiger partial charge in [0.15, 0.2) is 10.9 Å². The van der Waals surface area contributed by atoms with Crippen LogP contribution in [0.4, 0.5) is 11.5 Å². The number of aryl methyl sites for hydroxylation is 1. The van der Waals surface area contributed by atoms with Crippen LogP contribution < -0.4 is 10.6 Å². The fourth-order valence-electron chi connectivity index (χ4n) is 2.95. The van der Waals surface area contributed by atoms with Gasteiger partial charge < -0.3 is 10.6 Å². The van der Waals surface area contributed by atoms with Crippen molar-refractivity contribution in [3.63, 3.8) is 0 Å². The summed E-state index contributed by atoms with van der Waals surface area (Å²) in [5.41, 5.74) is 9.10. The van der Waals surface area contributed by atoms with Crippen LogP contribution in [0.2, 0.25) is 0 Å². The number of rotatable bonds is 4. The number of amides is 1. The molecule has 2 heterocycles. The molecule has 0 saturated carbocycles. The molecule has 0 fully saturated rings. The van der Waals surface area contributed by atoms with Gasteiger partial charge in [0.05, 0.1) is 5.25 Å². The molecule has 1 amide bonds. The van der Waals surface area contributed by atoms with Gasteiger partial charge in [-0.05, 0) is 44.0 Å². The van der Waals surface area contributed by atoms with E-state index in [2.05, 4.69) is 9.97 Å². The standard InChI is InChI=1S/C18H20N4O2S/c1-10-8-16(19)21-18(20-10)25-11(2)17(24)14-4-5-15-13(9-14)6-7-22(15)12(3)23/h4-5,8-9,11H,6-7H2,1-3H3,(H2,19,20,21)/t11-/m1/s1. The first-order valence-corrected chi connectivity index (χ1v) is 8.96. The minimum Gasteiger partial charge on any atom is -0.384 e. The summed E-state index contributed by atoms with van der Waals surface area (Å²) in [5, 5.41) is 0.173. The third kappa shape index (κ3) is 3.66. The van der Waals surface area contributed by atoms with E-state index in [-0.39, 0.29) is 16.9 Å². The summed E-state index contributed by atoms with van der Waals surface area (Å²) in [6, 6.07) is 7.22. The second kappa shape index (κ2) is 6.84. The zero-order valence-electron chi connectivity index (χ0n) is 14.4. The summed E-state index contributed by atoms with van der Waals surface area (Å²) >= 11 is 1.30. The average molecular weight is 356 g/mol. The smallest absolute Gasteiger partial charge is 0.223 e. The van der Waals surface area contributed by atoms with Crippen molar-refractivity contribution in [1.82, 2.24) is 9.97 Å². The Balaban J connectivity index is 1.78. The number of Topliss-reactive ketones (excluding diaryl/α,β-unsaturated/α-hetero) is 1. The maximum atomic E-state index is 12.7. The summed E-state index contributed by atoms with van der Waals surface area (Å²) in [7, 11) is 0. The SMILES string of the molecule is CC(=O)N1CCc2cc(C(=O)[C@@H](C)Sc3nc(C)cc(N)n3)ccc21. The lowest BCUT2D eigenvalue weighted by molar-refractivity contribution is -0.116. The third-order valence-electron chi connectivity index (χ3n) is 4.14. The largest absolute Gasteiger partial charge is 0.384 e. The molecule has 2 aromatic rings. The molecule has 0 spiro atoms. The van der Waals surface area contributed by atoms with Crippen LogP contribution in [0.5, 0.6) is 0 Å². The number of benzene rings is 1. The van der Waals surface area contributed by atoms with Crippen molar-refractivity contribution >= 4 is 35.0 Å². The van der Waals surface area contributed by atoms with Crippen molar-refractivity contribution in [2.24, 2.45) is 0 Å². The normalized spacial score (nSPS) is 14.3. The summed E-state index contributed by atoms with van der Waals surface area (Å²) < 4.78 is 0. The number of carbonyl (C=O) groups is 2. The van der Waals surface area contributed by atoms with Crippen LogP contribution in [0.1, 0.15) is 35.5 Å². The van der Waals surface area contributed by atoms with Crippen molar-refractivity contribution < 1.29 is 9.59 Å². The molecule has 6 nitrogen and oxygen atoms in total. The summed E-state index contributed by atoms with van der Waals surface area (Å²) in [6.07, 6.45) is 0.773. The van der Waals surface area contributed by atoms with Gasteiger partial charge in [0.2, 0.25) is 5.91 Å². The molecular formula is C18H20N4O2S. The quantitative estimate of drug-likeness (QED) is 0.515. The van der Waals surface area contributed by atoms with E-state index in [9.17, 15) is 9.59 Å². The number of nitrogen functional groups attached to an aromatic ring is 1. The van der Waals surface area contributed by atoms with Crippen LogP contribution >= 0.6 is 11.8 Å². The van der Waals surface area contributed by atoms with Gasteiger partial charge in [-0.3, -0.25) is 9.59 Å². The van der Waals surface area contributed by atoms with E-state index < -0.39 is 0 Å². The first-order chi connectivity index (χ1) is 11.8. The predicted octanol–water partition coefficient (Wildman–Crippen LogP) is 2.64. The van der Waals surface area contributed by atoms with E-state index in [1.165, 1.54) is 11.8 Å². The molecule has 25 heavy (non-hydrogen) atoms. The zero-order chi connectivity index (χ0) is 18.1. The number of hydrogen-bond acceptors (Lipinski definition) is 6. The van der Waals surface area contributed by atoms with Crippen molar-refractivity contribution in [2.75, 3.05) is 17.2 Å². The van der Waals surface area contributed by atoms with Gasteiger partial charge in [0.1, 0.15) is 5.82 Å². The molecule has 1 aromatic heterocycles. The topological polar surface area (TPSA) is 89.2 Å². The second-order valence-electron chi connectivity index (χ2n) is 6.11. The Labute approximate surface area is 150 Å². The number of nitrogens with two attached hydrogens (primary N) is 1. The second-order valence-corrected chi connectivity index (χ2v) is 7.41. The molecule has 1 aromatic carbocycles. The lowest BCUT2D eigenvalue weighted by Gasteiger charge is -2.15. The van der Waals surface area contributed by atoms with E-state index in [1.807, 2.05) is 26.0 Å². The van der Waals surface area contributed by atoms with E-state index >= 15 is 0 Å². The van der Waals surface area contributed by atoms with E-state index in [0.717, 1.165) is 23.4 Å². The molecule has 3 rings (SSSR count). The number of aromatic nitrogens is 2. The Morgan fingerprint density at radius 1 is 1.28 bits per heavy atom. The zero-order valence-corrected chi connectivity index (χ0v) is 15.3. The first-order valence-electron chi connectivity index (χ1n) is 8.08. The molecule has 2 N–H and O–H groups in total. The maximum absolute atomic E-state index is 12.7. The van der Waals surface area contributed by atoms with Crippen LogP contribution in [0.15, 0.2) is 29.4 Å². The molecule has 1 aliphatic rings. The maximum Gasteiger partial charge on any atom is 0.223 e. The lowest BCUT2D eigenvalue weighted by atomic mass is 10.0. The summed E-state index contributed by atoms with van der Waals surface area (Å²) in [5.74, 6) is 0.435. The van der Waals surface area contributed by atoms with Crippen LogP contribution in [0.25, 0.3) is 0 Å². The molecule has 0 radical (unpaired) electrons. The van der Waals surface area contributed by atoms with Gasteiger partial charge in [-0.15, -0.1) is 0 Å². The highest BCUT2D eigenvalue weighted by Crippen LogP contribution is 2.30. The highest BCUT2D eigenvalue weighted by molar-refractivity contribution is 8.00. The molecule has 0 bridgehead atoms. The van der Waals surface area contributed by atoms with Gasteiger partial charge in [-0.2, -0.15) is 0 Å². The number of thioether (sulfide) groups is 1. The Bertz CT molecular complexity index is 833. The van der Waals surface area contributed by atoms with Crippen LogP contribution in [0, 0.1) is 6.92 Å². The molecule has 0 aliphatic carbocycles. The van der Waals surface area contributed by atoms with Crippen molar-refractivity contribution in [2.45, 2.75) is 37.6 Å². The number of carbonyl (C=O) groups excluding carboxylic acids is 2. The highest BCUT2D eigenvalue weighted by Gasteiger charge is 2.25. The minimum absolute atomic E-state index is 0.0118. The molecule has 1 atom stereocenters. The van der Waals surface area contributed by atoms with Crippen molar-refractivity contribution in [3.05, 3.63) is 41.1 Å². The monoisotopic (exact) mass is 356 g/mol. The number of anilines is 2. The Hall–Kier alpha value is -2.41.